The summed E-state index contributed by atoms with van der Waals surface area (Å²) in [5.41, 5.74) is 1.88. The second-order valence-corrected chi connectivity index (χ2v) is 10.8. The van der Waals surface area contributed by atoms with Crippen molar-refractivity contribution < 1.29 is 9.53 Å². The van der Waals surface area contributed by atoms with E-state index in [0.717, 1.165) is 50.9 Å². The third-order valence-corrected chi connectivity index (χ3v) is 8.08. The molecule has 3 fully saturated rings. The number of piperidine rings is 1. The Morgan fingerprint density at radius 3 is 2.79 bits per heavy atom. The van der Waals surface area contributed by atoms with Crippen LogP contribution >= 0.6 is 24.0 Å². The van der Waals surface area contributed by atoms with Crippen LogP contribution in [0.2, 0.25) is 0 Å². The van der Waals surface area contributed by atoms with Crippen molar-refractivity contribution in [1.82, 2.24) is 14.3 Å². The molecule has 9 heteroatoms. The van der Waals surface area contributed by atoms with Gasteiger partial charge < -0.3 is 9.64 Å². The monoisotopic (exact) mass is 484 g/mol. The predicted molar refractivity (Wildman–Crippen MR) is 136 cm³/mol. The van der Waals surface area contributed by atoms with Crippen molar-refractivity contribution in [2.75, 3.05) is 31.1 Å². The number of hydrogen-bond donors (Lipinski definition) is 0. The maximum absolute atomic E-state index is 13.6. The molecule has 2 aromatic rings. The van der Waals surface area contributed by atoms with E-state index in [4.69, 9.17) is 21.9 Å². The lowest BCUT2D eigenvalue weighted by Gasteiger charge is -2.32. The normalized spacial score (nSPS) is 23.5. The Hall–Kier alpha value is -2.23. The van der Waals surface area contributed by atoms with Crippen molar-refractivity contribution in [3.63, 3.8) is 0 Å². The van der Waals surface area contributed by atoms with Crippen LogP contribution in [0.1, 0.15) is 43.7 Å². The molecule has 0 bridgehead atoms. The van der Waals surface area contributed by atoms with Gasteiger partial charge >= 0.3 is 0 Å². The Balaban J connectivity index is 1.56. The van der Waals surface area contributed by atoms with E-state index >= 15 is 0 Å². The average molecular weight is 485 g/mol. The molecule has 0 spiro atoms. The number of rotatable bonds is 4. The Kier molecular flexibility index (Phi) is 6.28. The lowest BCUT2D eigenvalue weighted by Crippen LogP contribution is -2.36. The number of carbonyl (C=O) groups is 1. The quantitative estimate of drug-likeness (QED) is 0.485. The molecule has 3 saturated heterocycles. The standard InChI is InChI=1S/C24H28N4O3S2/c1-15-7-10-26(11-8-15)21-18(22(29)27-9-3-5-16(2)20(27)25-21)13-19-23(30)28(24(32)33-19)14-17-6-4-12-31-17/h3,5,9,13,15,17H,4,6-8,10-12,14H2,1-2H3/b19-13+/t17-/m0/s1. The maximum Gasteiger partial charge on any atom is 0.267 e. The van der Waals surface area contributed by atoms with Gasteiger partial charge in [-0.15, -0.1) is 0 Å². The van der Waals surface area contributed by atoms with Crippen LogP contribution in [0, 0.1) is 12.8 Å². The molecule has 2 aromatic heterocycles. The number of amides is 1. The van der Waals surface area contributed by atoms with Gasteiger partial charge in [0, 0.05) is 25.9 Å². The zero-order chi connectivity index (χ0) is 23.1. The summed E-state index contributed by atoms with van der Waals surface area (Å²) >= 11 is 6.76. The molecular weight excluding hydrogens is 456 g/mol. The SMILES string of the molecule is Cc1cccn2c(=O)c(/C=C3/SC(=S)N(C[C@@H]4CCCO4)C3=O)c(N3CCC(C)CC3)nc12. The molecule has 5 rings (SSSR count). The van der Waals surface area contributed by atoms with Gasteiger partial charge in [-0.25, -0.2) is 4.98 Å². The minimum atomic E-state index is -0.165. The zero-order valence-electron chi connectivity index (χ0n) is 19.0. The number of thiocarbonyl (C=S) groups is 1. The number of ether oxygens (including phenoxy) is 1. The van der Waals surface area contributed by atoms with Crippen LogP contribution in [-0.4, -0.2) is 56.9 Å². The van der Waals surface area contributed by atoms with Gasteiger partial charge in [0.05, 0.1) is 23.1 Å². The van der Waals surface area contributed by atoms with E-state index in [9.17, 15) is 9.59 Å². The summed E-state index contributed by atoms with van der Waals surface area (Å²) in [6.07, 6.45) is 7.50. The molecule has 0 N–H and O–H groups in total. The van der Waals surface area contributed by atoms with Gasteiger partial charge in [0.25, 0.3) is 11.5 Å². The van der Waals surface area contributed by atoms with E-state index in [0.29, 0.717) is 38.7 Å². The van der Waals surface area contributed by atoms with Crippen LogP contribution in [0.3, 0.4) is 0 Å². The molecular formula is C24H28N4O3S2. The Bertz CT molecular complexity index is 1190. The minimum Gasteiger partial charge on any atom is -0.376 e. The van der Waals surface area contributed by atoms with Crippen molar-refractivity contribution in [3.8, 4) is 0 Å². The third kappa shape index (κ3) is 4.34. The first kappa shape index (κ1) is 22.6. The molecule has 0 aromatic carbocycles. The third-order valence-electron chi connectivity index (χ3n) is 6.71. The van der Waals surface area contributed by atoms with E-state index in [-0.39, 0.29) is 17.6 Å². The number of carbonyl (C=O) groups excluding carboxylic acids is 1. The first-order chi connectivity index (χ1) is 15.9. The van der Waals surface area contributed by atoms with Gasteiger partial charge in [-0.1, -0.05) is 37.0 Å². The topological polar surface area (TPSA) is 67.2 Å². The van der Waals surface area contributed by atoms with Crippen LogP contribution in [0.5, 0.6) is 0 Å². The van der Waals surface area contributed by atoms with Gasteiger partial charge in [-0.3, -0.25) is 18.9 Å². The minimum absolute atomic E-state index is 0.0219. The smallest absolute Gasteiger partial charge is 0.267 e. The fourth-order valence-electron chi connectivity index (χ4n) is 4.67. The van der Waals surface area contributed by atoms with Crippen molar-refractivity contribution in [2.24, 2.45) is 5.92 Å². The van der Waals surface area contributed by atoms with Crippen molar-refractivity contribution in [1.29, 1.82) is 0 Å². The number of aromatic nitrogens is 2. The predicted octanol–water partition coefficient (Wildman–Crippen LogP) is 3.62. The number of aryl methyl sites for hydroxylation is 1. The Labute approximate surface area is 202 Å². The van der Waals surface area contributed by atoms with Gasteiger partial charge in [0.1, 0.15) is 15.8 Å². The molecule has 33 heavy (non-hydrogen) atoms. The van der Waals surface area contributed by atoms with Crippen LogP contribution in [0.25, 0.3) is 11.7 Å². The summed E-state index contributed by atoms with van der Waals surface area (Å²) in [4.78, 5) is 36.0. The molecule has 0 saturated carbocycles. The molecule has 174 valence electrons. The van der Waals surface area contributed by atoms with Crippen molar-refractivity contribution in [2.45, 2.75) is 45.6 Å². The summed E-state index contributed by atoms with van der Waals surface area (Å²) in [7, 11) is 0. The number of pyridine rings is 1. The summed E-state index contributed by atoms with van der Waals surface area (Å²) in [6.45, 7) is 7.09. The van der Waals surface area contributed by atoms with Crippen molar-refractivity contribution >= 4 is 51.7 Å². The number of anilines is 1. The fourth-order valence-corrected chi connectivity index (χ4v) is 5.93. The molecule has 1 amide bonds. The van der Waals surface area contributed by atoms with Crippen LogP contribution < -0.4 is 10.5 Å². The lowest BCUT2D eigenvalue weighted by molar-refractivity contribution is -0.123. The highest BCUT2D eigenvalue weighted by molar-refractivity contribution is 8.26. The summed E-state index contributed by atoms with van der Waals surface area (Å²) in [6, 6.07) is 3.80. The van der Waals surface area contributed by atoms with E-state index in [1.54, 1.807) is 21.6 Å². The zero-order valence-corrected chi connectivity index (χ0v) is 20.6. The molecule has 0 unspecified atom stereocenters. The summed E-state index contributed by atoms with van der Waals surface area (Å²) < 4.78 is 7.79. The van der Waals surface area contributed by atoms with Gasteiger partial charge in [-0.2, -0.15) is 0 Å². The average Bonchev–Trinajstić information content (AvgIpc) is 3.41. The molecule has 1 atom stereocenters. The van der Waals surface area contributed by atoms with E-state index in [1.165, 1.54) is 11.8 Å². The molecule has 0 radical (unpaired) electrons. The Morgan fingerprint density at radius 1 is 1.27 bits per heavy atom. The Morgan fingerprint density at radius 2 is 2.06 bits per heavy atom. The second kappa shape index (κ2) is 9.19. The first-order valence-corrected chi connectivity index (χ1v) is 12.8. The first-order valence-electron chi connectivity index (χ1n) is 11.6. The van der Waals surface area contributed by atoms with Crippen LogP contribution in [-0.2, 0) is 9.53 Å². The summed E-state index contributed by atoms with van der Waals surface area (Å²) in [5, 5.41) is 0. The largest absolute Gasteiger partial charge is 0.376 e. The number of fused-ring (bicyclic) bond motifs is 1. The molecule has 0 aliphatic carbocycles. The van der Waals surface area contributed by atoms with Crippen molar-refractivity contribution in [3.05, 3.63) is 44.7 Å². The highest BCUT2D eigenvalue weighted by Crippen LogP contribution is 2.35. The highest BCUT2D eigenvalue weighted by atomic mass is 32.2. The summed E-state index contributed by atoms with van der Waals surface area (Å²) in [5.74, 6) is 1.15. The number of hydrogen-bond acceptors (Lipinski definition) is 7. The van der Waals surface area contributed by atoms with E-state index in [2.05, 4.69) is 11.8 Å². The number of nitrogens with zero attached hydrogens (tertiary/aromatic N) is 4. The maximum atomic E-state index is 13.6. The van der Waals surface area contributed by atoms with Crippen LogP contribution in [0.15, 0.2) is 28.0 Å². The van der Waals surface area contributed by atoms with E-state index < -0.39 is 0 Å². The highest BCUT2D eigenvalue weighted by Gasteiger charge is 2.35. The van der Waals surface area contributed by atoms with Gasteiger partial charge in [-0.05, 0) is 56.2 Å². The lowest BCUT2D eigenvalue weighted by atomic mass is 9.99. The molecule has 7 nitrogen and oxygen atoms in total. The fraction of sp³-hybridized carbons (Fsp3) is 0.500. The van der Waals surface area contributed by atoms with Gasteiger partial charge in [0.15, 0.2) is 0 Å². The molecule has 3 aliphatic heterocycles. The second-order valence-electron chi connectivity index (χ2n) is 9.14. The van der Waals surface area contributed by atoms with Gasteiger partial charge in [0.2, 0.25) is 0 Å². The number of thioether (sulfide) groups is 1. The van der Waals surface area contributed by atoms with Crippen LogP contribution in [0.4, 0.5) is 5.82 Å². The molecule has 5 heterocycles. The van der Waals surface area contributed by atoms with E-state index in [1.807, 2.05) is 19.1 Å². The molecule has 3 aliphatic rings.